The van der Waals surface area contributed by atoms with Crippen molar-refractivity contribution < 1.29 is 33.3 Å². The van der Waals surface area contributed by atoms with Crippen LogP contribution >= 0.6 is 0 Å². The Labute approximate surface area is 228 Å². The SMILES string of the molecule is COC(=O)c1ccc(C(C(=O)NC2CCCCC2)N(CC2CCCO2)C(=O)C2COc3ccccc3O2)cc1. The maximum absolute atomic E-state index is 14.1. The van der Waals surface area contributed by atoms with Gasteiger partial charge in [0.05, 0.1) is 18.8 Å². The van der Waals surface area contributed by atoms with Crippen molar-refractivity contribution in [1.29, 1.82) is 0 Å². The number of rotatable bonds is 8. The van der Waals surface area contributed by atoms with Crippen molar-refractivity contribution in [2.24, 2.45) is 0 Å². The van der Waals surface area contributed by atoms with Gasteiger partial charge < -0.3 is 29.2 Å². The van der Waals surface area contributed by atoms with Gasteiger partial charge in [-0.25, -0.2) is 4.79 Å². The fraction of sp³-hybridized carbons (Fsp3) is 0.500. The van der Waals surface area contributed by atoms with Crippen molar-refractivity contribution in [3.8, 4) is 11.5 Å². The molecule has 3 unspecified atom stereocenters. The number of hydrogen-bond acceptors (Lipinski definition) is 7. The van der Waals surface area contributed by atoms with E-state index in [9.17, 15) is 14.4 Å². The lowest BCUT2D eigenvalue weighted by Gasteiger charge is -2.37. The molecule has 2 fully saturated rings. The molecule has 1 aliphatic carbocycles. The Morgan fingerprint density at radius 2 is 1.72 bits per heavy atom. The van der Waals surface area contributed by atoms with E-state index in [-0.39, 0.29) is 37.1 Å². The molecule has 0 radical (unpaired) electrons. The number of benzene rings is 2. The van der Waals surface area contributed by atoms with Crippen molar-refractivity contribution in [2.75, 3.05) is 26.9 Å². The largest absolute Gasteiger partial charge is 0.485 e. The van der Waals surface area contributed by atoms with Gasteiger partial charge in [-0.2, -0.15) is 0 Å². The number of carbonyl (C=O) groups excluding carboxylic acids is 3. The second kappa shape index (κ2) is 12.5. The molecule has 5 rings (SSSR count). The van der Waals surface area contributed by atoms with Crippen molar-refractivity contribution in [3.05, 3.63) is 59.7 Å². The number of fused-ring (bicyclic) bond motifs is 1. The van der Waals surface area contributed by atoms with Crippen molar-refractivity contribution in [2.45, 2.75) is 69.2 Å². The molecule has 2 heterocycles. The van der Waals surface area contributed by atoms with E-state index in [1.54, 1.807) is 41.3 Å². The molecule has 2 aromatic carbocycles. The number of amides is 2. The van der Waals surface area contributed by atoms with Crippen molar-refractivity contribution in [1.82, 2.24) is 10.2 Å². The molecule has 3 aliphatic rings. The first-order valence-electron chi connectivity index (χ1n) is 13.8. The summed E-state index contributed by atoms with van der Waals surface area (Å²) in [4.78, 5) is 41.7. The van der Waals surface area contributed by atoms with E-state index >= 15 is 0 Å². The minimum Gasteiger partial charge on any atom is -0.485 e. The first-order chi connectivity index (χ1) is 19.0. The van der Waals surface area contributed by atoms with Crippen LogP contribution in [0.15, 0.2) is 48.5 Å². The van der Waals surface area contributed by atoms with Gasteiger partial charge in [-0.05, 0) is 55.5 Å². The Hall–Kier alpha value is -3.59. The fourth-order valence-corrected chi connectivity index (χ4v) is 5.58. The predicted molar refractivity (Wildman–Crippen MR) is 143 cm³/mol. The molecule has 1 saturated carbocycles. The number of esters is 1. The minimum absolute atomic E-state index is 0.0378. The second-order valence-corrected chi connectivity index (χ2v) is 10.3. The van der Waals surface area contributed by atoms with Gasteiger partial charge >= 0.3 is 5.97 Å². The van der Waals surface area contributed by atoms with Crippen LogP contribution in [0.2, 0.25) is 0 Å². The molecule has 1 saturated heterocycles. The standard InChI is InChI=1S/C30H36N2O7/c1-36-30(35)21-15-13-20(14-16-21)27(28(33)31-22-8-3-2-4-9-22)32(18-23-10-7-17-37-23)29(34)26-19-38-24-11-5-6-12-25(24)39-26/h5-6,11-16,22-23,26-27H,2-4,7-10,17-19H2,1H3,(H,31,33). The van der Waals surface area contributed by atoms with E-state index in [1.807, 2.05) is 12.1 Å². The highest BCUT2D eigenvalue weighted by molar-refractivity contribution is 5.92. The number of methoxy groups -OCH3 is 1. The third-order valence-corrected chi connectivity index (χ3v) is 7.65. The molecule has 9 heteroatoms. The van der Waals surface area contributed by atoms with E-state index in [1.165, 1.54) is 7.11 Å². The summed E-state index contributed by atoms with van der Waals surface area (Å²) in [5.74, 6) is 0.00233. The molecule has 0 bridgehead atoms. The van der Waals surface area contributed by atoms with E-state index in [2.05, 4.69) is 5.32 Å². The predicted octanol–water partition coefficient (Wildman–Crippen LogP) is 3.81. The Morgan fingerprint density at radius 1 is 0.974 bits per heavy atom. The highest BCUT2D eigenvalue weighted by atomic mass is 16.6. The molecule has 3 atom stereocenters. The zero-order valence-corrected chi connectivity index (χ0v) is 22.3. The Balaban J connectivity index is 1.47. The Bertz CT molecular complexity index is 1160. The van der Waals surface area contributed by atoms with Gasteiger partial charge in [-0.15, -0.1) is 0 Å². The van der Waals surface area contributed by atoms with Gasteiger partial charge in [-0.1, -0.05) is 43.5 Å². The van der Waals surface area contributed by atoms with Gasteiger partial charge in [-0.3, -0.25) is 9.59 Å². The van der Waals surface area contributed by atoms with Crippen LogP contribution in [0.1, 0.15) is 66.9 Å². The van der Waals surface area contributed by atoms with E-state index < -0.39 is 18.1 Å². The summed E-state index contributed by atoms with van der Waals surface area (Å²) in [5, 5.41) is 3.21. The number of carbonyl (C=O) groups is 3. The molecule has 2 aromatic rings. The van der Waals surface area contributed by atoms with Crippen molar-refractivity contribution >= 4 is 17.8 Å². The normalized spacial score (nSPS) is 21.6. The molecule has 1 N–H and O–H groups in total. The van der Waals surface area contributed by atoms with E-state index in [4.69, 9.17) is 18.9 Å². The average molecular weight is 537 g/mol. The Kier molecular flexibility index (Phi) is 8.66. The zero-order chi connectivity index (χ0) is 27.2. The number of ether oxygens (including phenoxy) is 4. The van der Waals surface area contributed by atoms with Crippen LogP contribution < -0.4 is 14.8 Å². The minimum atomic E-state index is -0.934. The lowest BCUT2D eigenvalue weighted by Crippen LogP contribution is -2.54. The molecular weight excluding hydrogens is 500 g/mol. The summed E-state index contributed by atoms with van der Waals surface area (Å²) in [6, 6.07) is 13.0. The quantitative estimate of drug-likeness (QED) is 0.512. The molecule has 0 spiro atoms. The van der Waals surface area contributed by atoms with Crippen LogP contribution in [0.5, 0.6) is 11.5 Å². The Morgan fingerprint density at radius 3 is 2.41 bits per heavy atom. The molecule has 2 amide bonds. The van der Waals surface area contributed by atoms with Crippen LogP contribution in [0, 0.1) is 0 Å². The van der Waals surface area contributed by atoms with Crippen molar-refractivity contribution in [3.63, 3.8) is 0 Å². The number of para-hydroxylation sites is 2. The number of nitrogens with one attached hydrogen (secondary N) is 1. The van der Waals surface area contributed by atoms with Crippen LogP contribution in [0.4, 0.5) is 0 Å². The third-order valence-electron chi connectivity index (χ3n) is 7.65. The van der Waals surface area contributed by atoms with Gasteiger partial charge in [0.25, 0.3) is 5.91 Å². The van der Waals surface area contributed by atoms with Crippen LogP contribution in [0.3, 0.4) is 0 Å². The topological polar surface area (TPSA) is 103 Å². The average Bonchev–Trinajstić information content (AvgIpc) is 3.50. The number of hydrogen-bond donors (Lipinski definition) is 1. The number of nitrogens with zero attached hydrogens (tertiary/aromatic N) is 1. The van der Waals surface area contributed by atoms with Gasteiger partial charge in [0.1, 0.15) is 12.6 Å². The monoisotopic (exact) mass is 536 g/mol. The first kappa shape index (κ1) is 27.0. The fourth-order valence-electron chi connectivity index (χ4n) is 5.58. The summed E-state index contributed by atoms with van der Waals surface area (Å²) in [7, 11) is 1.32. The smallest absolute Gasteiger partial charge is 0.337 e. The lowest BCUT2D eigenvalue weighted by molar-refractivity contribution is -0.150. The summed E-state index contributed by atoms with van der Waals surface area (Å²) >= 11 is 0. The summed E-state index contributed by atoms with van der Waals surface area (Å²) in [6.45, 7) is 0.897. The summed E-state index contributed by atoms with van der Waals surface area (Å²) < 4.78 is 22.7. The van der Waals surface area contributed by atoms with Crippen LogP contribution in [0.25, 0.3) is 0 Å². The van der Waals surface area contributed by atoms with E-state index in [0.717, 1.165) is 44.9 Å². The molecular formula is C30H36N2O7. The summed E-state index contributed by atoms with van der Waals surface area (Å²) in [5.41, 5.74) is 0.963. The maximum Gasteiger partial charge on any atom is 0.337 e. The molecule has 39 heavy (non-hydrogen) atoms. The highest BCUT2D eigenvalue weighted by Crippen LogP contribution is 2.33. The van der Waals surface area contributed by atoms with Gasteiger partial charge in [0.15, 0.2) is 11.5 Å². The van der Waals surface area contributed by atoms with Crippen LogP contribution in [-0.2, 0) is 19.1 Å². The highest BCUT2D eigenvalue weighted by Gasteiger charge is 2.40. The van der Waals surface area contributed by atoms with Crippen LogP contribution in [-0.4, -0.2) is 67.8 Å². The molecule has 0 aromatic heterocycles. The van der Waals surface area contributed by atoms with Gasteiger partial charge in [0, 0.05) is 19.2 Å². The molecule has 208 valence electrons. The molecule has 2 aliphatic heterocycles. The lowest BCUT2D eigenvalue weighted by atomic mass is 9.94. The first-order valence-corrected chi connectivity index (χ1v) is 13.8. The van der Waals surface area contributed by atoms with E-state index in [0.29, 0.717) is 29.2 Å². The summed E-state index contributed by atoms with van der Waals surface area (Å²) in [6.07, 6.45) is 5.71. The zero-order valence-electron chi connectivity index (χ0n) is 22.3. The second-order valence-electron chi connectivity index (χ2n) is 10.3. The molecule has 9 nitrogen and oxygen atoms in total. The van der Waals surface area contributed by atoms with Gasteiger partial charge in [0.2, 0.25) is 12.0 Å². The third kappa shape index (κ3) is 6.36. The maximum atomic E-state index is 14.1.